The molecule has 1 aromatic rings. The van der Waals surface area contributed by atoms with Gasteiger partial charge in [0.25, 0.3) is 0 Å². The van der Waals surface area contributed by atoms with Crippen LogP contribution in [0.4, 0.5) is 0 Å². The zero-order valence-corrected chi connectivity index (χ0v) is 7.60. The summed E-state index contributed by atoms with van der Waals surface area (Å²) in [6.07, 6.45) is 2.85. The zero-order chi connectivity index (χ0) is 8.55. The summed E-state index contributed by atoms with van der Waals surface area (Å²) in [6, 6.07) is 0. The molecule has 4 heteroatoms. The molecule has 0 saturated heterocycles. The van der Waals surface area contributed by atoms with Gasteiger partial charge in [-0.1, -0.05) is 0 Å². The molecule has 12 heavy (non-hydrogen) atoms. The first-order valence-electron chi connectivity index (χ1n) is 3.93. The predicted octanol–water partition coefficient (Wildman–Crippen LogP) is 0.993. The second-order valence-corrected chi connectivity index (χ2v) is 3.88. The van der Waals surface area contributed by atoms with Gasteiger partial charge in [0, 0.05) is 30.0 Å². The molecule has 1 N–H and O–H groups in total. The van der Waals surface area contributed by atoms with Crippen molar-refractivity contribution in [1.82, 2.24) is 10.3 Å². The molecule has 1 saturated carbocycles. The van der Waals surface area contributed by atoms with Crippen molar-refractivity contribution in [3.8, 4) is 0 Å². The van der Waals surface area contributed by atoms with Gasteiger partial charge in [-0.15, -0.1) is 11.3 Å². The fourth-order valence-corrected chi connectivity index (χ4v) is 2.19. The van der Waals surface area contributed by atoms with Crippen LogP contribution in [0.3, 0.4) is 0 Å². The lowest BCUT2D eigenvalue weighted by molar-refractivity contribution is -0.121. The number of hydrogen-bond acceptors (Lipinski definition) is 3. The van der Waals surface area contributed by atoms with Gasteiger partial charge in [0.05, 0.1) is 5.51 Å². The molecule has 2 unspecified atom stereocenters. The maximum absolute atomic E-state index is 11.2. The Balaban J connectivity index is 2.01. The van der Waals surface area contributed by atoms with Gasteiger partial charge in [-0.3, -0.25) is 9.78 Å². The highest BCUT2D eigenvalue weighted by molar-refractivity contribution is 7.09. The summed E-state index contributed by atoms with van der Waals surface area (Å²) in [4.78, 5) is 16.4. The Hall–Kier alpha value is -0.900. The Morgan fingerprint density at radius 3 is 3.25 bits per heavy atom. The molecule has 0 bridgehead atoms. The molecule has 0 aromatic carbocycles. The van der Waals surface area contributed by atoms with Gasteiger partial charge >= 0.3 is 0 Å². The number of rotatable bonds is 2. The average molecular weight is 182 g/mol. The molecule has 1 amide bonds. The maximum Gasteiger partial charge on any atom is 0.223 e. The van der Waals surface area contributed by atoms with Crippen LogP contribution in [0.1, 0.15) is 17.2 Å². The second kappa shape index (κ2) is 2.86. The van der Waals surface area contributed by atoms with Crippen molar-refractivity contribution in [2.24, 2.45) is 5.92 Å². The van der Waals surface area contributed by atoms with Crippen molar-refractivity contribution in [1.29, 1.82) is 0 Å². The van der Waals surface area contributed by atoms with Crippen molar-refractivity contribution in [2.75, 3.05) is 7.05 Å². The quantitative estimate of drug-likeness (QED) is 0.741. The number of amides is 1. The van der Waals surface area contributed by atoms with Gasteiger partial charge in [0.2, 0.25) is 5.91 Å². The fraction of sp³-hybridized carbons (Fsp3) is 0.500. The molecule has 2 atom stereocenters. The van der Waals surface area contributed by atoms with Crippen LogP contribution in [0.2, 0.25) is 0 Å². The standard InChI is InChI=1S/C8H10N2OS/c1-9-8(11)6-2-5(6)7-3-10-4-12-7/h3-6H,2H2,1H3,(H,9,11). The van der Waals surface area contributed by atoms with Crippen molar-refractivity contribution in [3.63, 3.8) is 0 Å². The molecule has 1 heterocycles. The van der Waals surface area contributed by atoms with Crippen LogP contribution in [0.25, 0.3) is 0 Å². The minimum absolute atomic E-state index is 0.161. The van der Waals surface area contributed by atoms with Crippen LogP contribution in [0, 0.1) is 5.92 Å². The summed E-state index contributed by atoms with van der Waals surface area (Å²) in [6.45, 7) is 0. The largest absolute Gasteiger partial charge is 0.359 e. The third-order valence-electron chi connectivity index (χ3n) is 2.19. The Kier molecular flexibility index (Phi) is 1.84. The Labute approximate surface area is 74.8 Å². The van der Waals surface area contributed by atoms with E-state index in [1.807, 2.05) is 11.7 Å². The third kappa shape index (κ3) is 1.22. The molecular weight excluding hydrogens is 172 g/mol. The van der Waals surface area contributed by atoms with Gasteiger partial charge < -0.3 is 5.32 Å². The molecular formula is C8H10N2OS. The van der Waals surface area contributed by atoms with Gasteiger partial charge in [0.15, 0.2) is 0 Å². The van der Waals surface area contributed by atoms with E-state index in [9.17, 15) is 4.79 Å². The van der Waals surface area contributed by atoms with Gasteiger partial charge in [-0.2, -0.15) is 0 Å². The van der Waals surface area contributed by atoms with Crippen molar-refractivity contribution in [2.45, 2.75) is 12.3 Å². The van der Waals surface area contributed by atoms with Crippen LogP contribution in [0.5, 0.6) is 0 Å². The number of thiazole rings is 1. The van der Waals surface area contributed by atoms with E-state index < -0.39 is 0 Å². The first-order chi connectivity index (χ1) is 5.83. The van der Waals surface area contributed by atoms with E-state index in [4.69, 9.17) is 0 Å². The van der Waals surface area contributed by atoms with Gasteiger partial charge in [-0.25, -0.2) is 0 Å². The van der Waals surface area contributed by atoms with E-state index in [0.29, 0.717) is 5.92 Å². The summed E-state index contributed by atoms with van der Waals surface area (Å²) < 4.78 is 0. The second-order valence-electron chi connectivity index (χ2n) is 2.97. The molecule has 0 radical (unpaired) electrons. The van der Waals surface area contributed by atoms with Gasteiger partial charge in [-0.05, 0) is 6.42 Å². The Morgan fingerprint density at radius 1 is 1.83 bits per heavy atom. The lowest BCUT2D eigenvalue weighted by Gasteiger charge is -1.94. The van der Waals surface area contributed by atoms with Crippen molar-refractivity contribution in [3.05, 3.63) is 16.6 Å². The number of nitrogens with one attached hydrogen (secondary N) is 1. The molecule has 0 spiro atoms. The first kappa shape index (κ1) is 7.73. The molecule has 1 aromatic heterocycles. The monoisotopic (exact) mass is 182 g/mol. The van der Waals surface area contributed by atoms with Gasteiger partial charge in [0.1, 0.15) is 0 Å². The summed E-state index contributed by atoms with van der Waals surface area (Å²) in [5, 5.41) is 2.66. The third-order valence-corrected chi connectivity index (χ3v) is 3.10. The lowest BCUT2D eigenvalue weighted by Crippen LogP contribution is -2.20. The van der Waals surface area contributed by atoms with E-state index in [-0.39, 0.29) is 11.8 Å². The minimum atomic E-state index is 0.161. The van der Waals surface area contributed by atoms with Crippen molar-refractivity contribution >= 4 is 17.2 Å². The van der Waals surface area contributed by atoms with Crippen LogP contribution >= 0.6 is 11.3 Å². The summed E-state index contributed by atoms with van der Waals surface area (Å²) >= 11 is 1.63. The highest BCUT2D eigenvalue weighted by atomic mass is 32.1. The van der Waals surface area contributed by atoms with Crippen molar-refractivity contribution < 1.29 is 4.79 Å². The zero-order valence-electron chi connectivity index (χ0n) is 6.78. The molecule has 3 nitrogen and oxygen atoms in total. The van der Waals surface area contributed by atoms with E-state index in [1.54, 1.807) is 18.4 Å². The SMILES string of the molecule is CNC(=O)C1CC1c1cncs1. The maximum atomic E-state index is 11.2. The number of carbonyl (C=O) groups is 1. The topological polar surface area (TPSA) is 42.0 Å². The predicted molar refractivity (Wildman–Crippen MR) is 47.0 cm³/mol. The molecule has 64 valence electrons. The molecule has 2 rings (SSSR count). The normalized spacial score (nSPS) is 26.8. The summed E-state index contributed by atoms with van der Waals surface area (Å²) in [5.74, 6) is 0.807. The fourth-order valence-electron chi connectivity index (χ4n) is 1.39. The summed E-state index contributed by atoms with van der Waals surface area (Å²) in [5.41, 5.74) is 1.81. The average Bonchev–Trinajstić information content (AvgIpc) is 2.71. The van der Waals surface area contributed by atoms with E-state index >= 15 is 0 Å². The highest BCUT2D eigenvalue weighted by Gasteiger charge is 2.44. The molecule has 0 aliphatic heterocycles. The minimum Gasteiger partial charge on any atom is -0.359 e. The van der Waals surface area contributed by atoms with E-state index in [0.717, 1.165) is 6.42 Å². The first-order valence-corrected chi connectivity index (χ1v) is 4.81. The molecule has 1 aliphatic rings. The van der Waals surface area contributed by atoms with E-state index in [1.165, 1.54) is 4.88 Å². The number of aromatic nitrogens is 1. The Bertz CT molecular complexity index is 283. The van der Waals surface area contributed by atoms with Crippen LogP contribution in [0.15, 0.2) is 11.7 Å². The molecule has 1 fully saturated rings. The van der Waals surface area contributed by atoms with Crippen LogP contribution in [-0.4, -0.2) is 17.9 Å². The van der Waals surface area contributed by atoms with Crippen LogP contribution in [-0.2, 0) is 4.79 Å². The van der Waals surface area contributed by atoms with E-state index in [2.05, 4.69) is 10.3 Å². The number of nitrogens with zero attached hydrogens (tertiary/aromatic N) is 1. The smallest absolute Gasteiger partial charge is 0.223 e. The van der Waals surface area contributed by atoms with Crippen LogP contribution < -0.4 is 5.32 Å². The number of carbonyl (C=O) groups excluding carboxylic acids is 1. The number of hydrogen-bond donors (Lipinski definition) is 1. The Morgan fingerprint density at radius 2 is 2.67 bits per heavy atom. The highest BCUT2D eigenvalue weighted by Crippen LogP contribution is 2.48. The summed E-state index contributed by atoms with van der Waals surface area (Å²) in [7, 11) is 1.68. The lowest BCUT2D eigenvalue weighted by atomic mass is 10.3. The molecule has 1 aliphatic carbocycles.